The molecule has 0 fully saturated rings. The van der Waals surface area contributed by atoms with Crippen LogP contribution in [0.4, 0.5) is 0 Å². The maximum absolute atomic E-state index is 10.4. The van der Waals surface area contributed by atoms with E-state index in [1.54, 1.807) is 6.92 Å². The monoisotopic (exact) mass is 188 g/mol. The van der Waals surface area contributed by atoms with Crippen LogP contribution < -0.4 is 0 Å². The van der Waals surface area contributed by atoms with Crippen LogP contribution in [0.2, 0.25) is 0 Å². The highest BCUT2D eigenvalue weighted by Gasteiger charge is 2.20. The third-order valence-corrected chi connectivity index (χ3v) is 2.26. The molecule has 0 bridgehead atoms. The van der Waals surface area contributed by atoms with E-state index in [0.29, 0.717) is 6.42 Å². The molecule has 76 valence electrons. The SMILES string of the molecule is CC[C@H](CC(=O)O)[C@@H](C)CC(=O)O. The van der Waals surface area contributed by atoms with Crippen molar-refractivity contribution in [2.45, 2.75) is 33.1 Å². The summed E-state index contributed by atoms with van der Waals surface area (Å²) in [4.78, 5) is 20.8. The number of rotatable bonds is 6. The van der Waals surface area contributed by atoms with Gasteiger partial charge in [0.1, 0.15) is 0 Å². The second-order valence-electron chi connectivity index (χ2n) is 3.34. The summed E-state index contributed by atoms with van der Waals surface area (Å²) in [6.45, 7) is 3.66. The summed E-state index contributed by atoms with van der Waals surface area (Å²) in [5.41, 5.74) is 0. The van der Waals surface area contributed by atoms with Gasteiger partial charge in [-0.05, 0) is 11.8 Å². The van der Waals surface area contributed by atoms with Crippen molar-refractivity contribution in [3.8, 4) is 0 Å². The molecule has 4 heteroatoms. The van der Waals surface area contributed by atoms with Crippen molar-refractivity contribution in [1.29, 1.82) is 0 Å². The van der Waals surface area contributed by atoms with Gasteiger partial charge in [-0.3, -0.25) is 9.59 Å². The molecule has 13 heavy (non-hydrogen) atoms. The fourth-order valence-electron chi connectivity index (χ4n) is 1.41. The maximum Gasteiger partial charge on any atom is 0.303 e. The van der Waals surface area contributed by atoms with E-state index >= 15 is 0 Å². The van der Waals surface area contributed by atoms with Crippen molar-refractivity contribution in [3.63, 3.8) is 0 Å². The zero-order chi connectivity index (χ0) is 10.4. The molecule has 0 aliphatic rings. The summed E-state index contributed by atoms with van der Waals surface area (Å²) in [7, 11) is 0. The molecule has 0 rings (SSSR count). The lowest BCUT2D eigenvalue weighted by molar-refractivity contribution is -0.141. The van der Waals surface area contributed by atoms with Crippen molar-refractivity contribution in [2.75, 3.05) is 0 Å². The van der Waals surface area contributed by atoms with Crippen LogP contribution >= 0.6 is 0 Å². The second-order valence-corrected chi connectivity index (χ2v) is 3.34. The summed E-state index contributed by atoms with van der Waals surface area (Å²) in [6, 6.07) is 0. The average molecular weight is 188 g/mol. The normalized spacial score (nSPS) is 14.9. The minimum absolute atomic E-state index is 0.0337. The van der Waals surface area contributed by atoms with Crippen LogP contribution in [0, 0.1) is 11.8 Å². The Morgan fingerprint density at radius 2 is 1.62 bits per heavy atom. The molecule has 0 aliphatic heterocycles. The first kappa shape index (κ1) is 11.9. The summed E-state index contributed by atoms with van der Waals surface area (Å²) < 4.78 is 0. The fraction of sp³-hybridized carbons (Fsp3) is 0.778. The number of hydrogen-bond donors (Lipinski definition) is 2. The van der Waals surface area contributed by atoms with Crippen LogP contribution in [-0.2, 0) is 9.59 Å². The van der Waals surface area contributed by atoms with E-state index < -0.39 is 11.9 Å². The zero-order valence-corrected chi connectivity index (χ0v) is 7.99. The van der Waals surface area contributed by atoms with Gasteiger partial charge in [0.2, 0.25) is 0 Å². The first-order valence-corrected chi connectivity index (χ1v) is 4.41. The van der Waals surface area contributed by atoms with E-state index in [-0.39, 0.29) is 24.7 Å². The van der Waals surface area contributed by atoms with Crippen molar-refractivity contribution in [2.24, 2.45) is 11.8 Å². The number of aliphatic carboxylic acids is 2. The third-order valence-electron chi connectivity index (χ3n) is 2.26. The Hall–Kier alpha value is -1.06. The summed E-state index contributed by atoms with van der Waals surface area (Å²) in [5.74, 6) is -1.83. The predicted octanol–water partition coefficient (Wildman–Crippen LogP) is 1.60. The standard InChI is InChI=1S/C9H16O4/c1-3-7(5-9(12)13)6(2)4-8(10)11/h6-7H,3-5H2,1-2H3,(H,10,11)(H,12,13)/t6-,7+/m0/s1. The quantitative estimate of drug-likeness (QED) is 0.663. The molecule has 0 aromatic rings. The highest BCUT2D eigenvalue weighted by Crippen LogP contribution is 2.22. The van der Waals surface area contributed by atoms with Crippen molar-refractivity contribution >= 4 is 11.9 Å². The molecule has 0 aromatic carbocycles. The predicted molar refractivity (Wildman–Crippen MR) is 47.5 cm³/mol. The molecule has 0 radical (unpaired) electrons. The minimum atomic E-state index is -0.865. The molecule has 0 aromatic heterocycles. The lowest BCUT2D eigenvalue weighted by Gasteiger charge is -2.18. The number of carboxylic acid groups (broad SMARTS) is 2. The highest BCUT2D eigenvalue weighted by molar-refractivity contribution is 5.68. The van der Waals surface area contributed by atoms with Gasteiger partial charge in [-0.2, -0.15) is 0 Å². The lowest BCUT2D eigenvalue weighted by Crippen LogP contribution is -2.18. The lowest BCUT2D eigenvalue weighted by atomic mass is 9.86. The van der Waals surface area contributed by atoms with Crippen LogP contribution in [0.25, 0.3) is 0 Å². The smallest absolute Gasteiger partial charge is 0.303 e. The van der Waals surface area contributed by atoms with E-state index in [4.69, 9.17) is 10.2 Å². The van der Waals surface area contributed by atoms with Crippen LogP contribution in [0.1, 0.15) is 33.1 Å². The van der Waals surface area contributed by atoms with E-state index in [2.05, 4.69) is 0 Å². The Labute approximate surface area is 77.6 Å². The molecule has 0 heterocycles. The Morgan fingerprint density at radius 3 is 1.92 bits per heavy atom. The van der Waals surface area contributed by atoms with Gasteiger partial charge in [0.15, 0.2) is 0 Å². The van der Waals surface area contributed by atoms with Gasteiger partial charge in [-0.1, -0.05) is 20.3 Å². The van der Waals surface area contributed by atoms with Crippen molar-refractivity contribution < 1.29 is 19.8 Å². The second kappa shape index (κ2) is 5.56. The van der Waals surface area contributed by atoms with Gasteiger partial charge in [0.25, 0.3) is 0 Å². The first-order valence-electron chi connectivity index (χ1n) is 4.41. The highest BCUT2D eigenvalue weighted by atomic mass is 16.4. The van der Waals surface area contributed by atoms with Gasteiger partial charge in [0.05, 0.1) is 0 Å². The molecule has 0 unspecified atom stereocenters. The molecular formula is C9H16O4. The molecule has 2 atom stereocenters. The number of carbonyl (C=O) groups is 2. The maximum atomic E-state index is 10.4. The Bertz CT molecular complexity index is 188. The molecule has 0 saturated carbocycles. The average Bonchev–Trinajstić information content (AvgIpc) is 1.98. The topological polar surface area (TPSA) is 74.6 Å². The van der Waals surface area contributed by atoms with Crippen LogP contribution in [-0.4, -0.2) is 22.2 Å². The number of carboxylic acids is 2. The van der Waals surface area contributed by atoms with E-state index in [9.17, 15) is 9.59 Å². The van der Waals surface area contributed by atoms with Gasteiger partial charge in [-0.25, -0.2) is 0 Å². The largest absolute Gasteiger partial charge is 0.481 e. The molecule has 4 nitrogen and oxygen atoms in total. The fourth-order valence-corrected chi connectivity index (χ4v) is 1.41. The molecule has 2 N–H and O–H groups in total. The Kier molecular flexibility index (Phi) is 5.11. The summed E-state index contributed by atoms with van der Waals surface area (Å²) >= 11 is 0. The zero-order valence-electron chi connectivity index (χ0n) is 7.99. The van der Waals surface area contributed by atoms with Crippen LogP contribution in [0.5, 0.6) is 0 Å². The minimum Gasteiger partial charge on any atom is -0.481 e. The third kappa shape index (κ3) is 5.22. The first-order chi connectivity index (χ1) is 5.97. The van der Waals surface area contributed by atoms with E-state index in [1.165, 1.54) is 0 Å². The van der Waals surface area contributed by atoms with Crippen LogP contribution in [0.3, 0.4) is 0 Å². The van der Waals surface area contributed by atoms with Gasteiger partial charge >= 0.3 is 11.9 Å². The molecule has 0 amide bonds. The Morgan fingerprint density at radius 1 is 1.15 bits per heavy atom. The Balaban J connectivity index is 4.06. The van der Waals surface area contributed by atoms with Gasteiger partial charge < -0.3 is 10.2 Å². The summed E-state index contributed by atoms with van der Waals surface area (Å²) in [6.07, 6.45) is 0.817. The summed E-state index contributed by atoms with van der Waals surface area (Å²) in [5, 5.41) is 17.1. The molecule has 0 saturated heterocycles. The van der Waals surface area contributed by atoms with Crippen LogP contribution in [0.15, 0.2) is 0 Å². The molecule has 0 aliphatic carbocycles. The molecule has 0 spiro atoms. The van der Waals surface area contributed by atoms with Crippen molar-refractivity contribution in [3.05, 3.63) is 0 Å². The van der Waals surface area contributed by atoms with Gasteiger partial charge in [0, 0.05) is 12.8 Å². The van der Waals surface area contributed by atoms with E-state index in [1.807, 2.05) is 6.92 Å². The van der Waals surface area contributed by atoms with E-state index in [0.717, 1.165) is 0 Å². The number of hydrogen-bond acceptors (Lipinski definition) is 2. The van der Waals surface area contributed by atoms with Crippen molar-refractivity contribution in [1.82, 2.24) is 0 Å². The van der Waals surface area contributed by atoms with Gasteiger partial charge in [-0.15, -0.1) is 0 Å². The molecular weight excluding hydrogens is 172 g/mol.